The number of benzene rings is 4. The molecule has 0 aromatic heterocycles. The molecule has 1 atom stereocenters. The number of allylic oxidation sites excluding steroid dienone is 4. The van der Waals surface area contributed by atoms with Gasteiger partial charge in [-0.1, -0.05) is 0 Å². The fourth-order valence-electron chi connectivity index (χ4n) is 7.62. The van der Waals surface area contributed by atoms with Gasteiger partial charge in [-0.3, -0.25) is 0 Å². The van der Waals surface area contributed by atoms with E-state index in [1.54, 1.807) is 17.7 Å². The largest absolute Gasteiger partial charge is 1.00 e. The molecule has 6 rings (SSSR count). The van der Waals surface area contributed by atoms with Gasteiger partial charge in [0, 0.05) is 0 Å². The van der Waals surface area contributed by atoms with Crippen molar-refractivity contribution in [2.24, 2.45) is 0 Å². The molecule has 262 valence electrons. The molecule has 0 saturated carbocycles. The summed E-state index contributed by atoms with van der Waals surface area (Å²) < 4.78 is 3.83. The van der Waals surface area contributed by atoms with Crippen molar-refractivity contribution in [3.8, 4) is 11.1 Å². The van der Waals surface area contributed by atoms with Crippen molar-refractivity contribution in [2.75, 3.05) is 0 Å². The number of rotatable bonds is 6. The molecule has 2 aliphatic rings. The summed E-state index contributed by atoms with van der Waals surface area (Å²) >= 11 is -3.04. The van der Waals surface area contributed by atoms with Crippen LogP contribution in [0.1, 0.15) is 85.0 Å². The zero-order chi connectivity index (χ0) is 34.8. The predicted molar refractivity (Wildman–Crippen MR) is 215 cm³/mol. The molecular weight excluding hydrogens is 846 g/mol. The van der Waals surface area contributed by atoms with Gasteiger partial charge in [-0.25, -0.2) is 0 Å². The molecule has 0 aliphatic heterocycles. The molecule has 0 radical (unpaired) electrons. The maximum absolute atomic E-state index is 3.04. The van der Waals surface area contributed by atoms with Gasteiger partial charge in [0.1, 0.15) is 0 Å². The van der Waals surface area contributed by atoms with Crippen molar-refractivity contribution in [3.63, 3.8) is 0 Å². The van der Waals surface area contributed by atoms with Gasteiger partial charge in [-0.05, 0) is 0 Å². The minimum absolute atomic E-state index is 0. The summed E-state index contributed by atoms with van der Waals surface area (Å²) in [5, 5.41) is 3.07. The second-order valence-corrected chi connectivity index (χ2v) is 37.6. The zero-order valence-electron chi connectivity index (χ0n) is 32.4. The van der Waals surface area contributed by atoms with Crippen molar-refractivity contribution in [2.45, 2.75) is 102 Å². The van der Waals surface area contributed by atoms with Gasteiger partial charge < -0.3 is 24.8 Å². The van der Waals surface area contributed by atoms with Crippen LogP contribution in [0.2, 0.25) is 39.3 Å². The Kier molecular flexibility index (Phi) is 12.1. The van der Waals surface area contributed by atoms with Crippen LogP contribution in [0.5, 0.6) is 0 Å². The summed E-state index contributed by atoms with van der Waals surface area (Å²) in [5.41, 5.74) is 12.1. The summed E-state index contributed by atoms with van der Waals surface area (Å²) in [4.78, 5) is 0. The van der Waals surface area contributed by atoms with E-state index in [1.165, 1.54) is 43.8 Å². The normalized spacial score (nSPS) is 15.3. The Bertz CT molecular complexity index is 1900. The van der Waals surface area contributed by atoms with E-state index in [2.05, 4.69) is 184 Å². The van der Waals surface area contributed by atoms with Gasteiger partial charge in [0.05, 0.1) is 0 Å². The maximum atomic E-state index is 2.55. The van der Waals surface area contributed by atoms with E-state index in [9.17, 15) is 0 Å². The molecule has 5 heteroatoms. The number of hydrogen-bond donors (Lipinski definition) is 0. The van der Waals surface area contributed by atoms with Crippen LogP contribution >= 0.6 is 0 Å². The molecule has 4 aromatic carbocycles. The summed E-state index contributed by atoms with van der Waals surface area (Å²) in [7, 11) is -2.86. The Morgan fingerprint density at radius 3 is 1.62 bits per heavy atom. The average molecular weight is 903 g/mol. The van der Waals surface area contributed by atoms with E-state index in [4.69, 9.17) is 0 Å². The van der Waals surface area contributed by atoms with E-state index >= 15 is 0 Å². The summed E-state index contributed by atoms with van der Waals surface area (Å²) in [6, 6.07) is 34.6. The SMILES string of the molecule is CC(C)(C)c1ccc2c(c1)-c1cccc(C(C)(C)C)c1[CH]2[Hf+2]([C]1=CC=CC1)=[C](c1ccc([Si](C)(C)C)cc1)c1ccc([Si](C)(C)C)cc1.[Cl-].[Cl-]. The third-order valence-electron chi connectivity index (χ3n) is 10.5. The van der Waals surface area contributed by atoms with Crippen LogP contribution in [0.4, 0.5) is 0 Å². The second-order valence-electron chi connectivity index (χ2n) is 18.3. The van der Waals surface area contributed by atoms with E-state index in [1.807, 2.05) is 0 Å². The van der Waals surface area contributed by atoms with Crippen molar-refractivity contribution in [1.29, 1.82) is 0 Å². The van der Waals surface area contributed by atoms with Crippen LogP contribution in [-0.2, 0) is 31.8 Å². The first-order chi connectivity index (χ1) is 22.4. The van der Waals surface area contributed by atoms with Gasteiger partial charge in [0.25, 0.3) is 0 Å². The number of halogens is 2. The molecule has 0 saturated heterocycles. The van der Waals surface area contributed by atoms with Gasteiger partial charge in [-0.15, -0.1) is 0 Å². The Balaban J connectivity index is 0.00000281. The minimum Gasteiger partial charge on any atom is -1.00 e. The van der Waals surface area contributed by atoms with Gasteiger partial charge >= 0.3 is 303 Å². The second kappa shape index (κ2) is 14.9. The molecule has 0 bridgehead atoms. The monoisotopic (exact) mass is 902 g/mol. The van der Waals surface area contributed by atoms with Crippen LogP contribution in [0.15, 0.2) is 106 Å². The quantitative estimate of drug-likeness (QED) is 0.235. The van der Waals surface area contributed by atoms with Crippen LogP contribution < -0.4 is 35.2 Å². The first kappa shape index (κ1) is 40.9. The molecule has 0 N–H and O–H groups in total. The maximum Gasteiger partial charge on any atom is -1.00 e. The topological polar surface area (TPSA) is 0 Å². The Morgan fingerprint density at radius 1 is 0.640 bits per heavy atom. The third kappa shape index (κ3) is 8.03. The molecule has 2 aliphatic carbocycles. The van der Waals surface area contributed by atoms with Crippen LogP contribution in [0.25, 0.3) is 11.1 Å². The molecule has 4 aromatic rings. The van der Waals surface area contributed by atoms with Crippen molar-refractivity contribution in [1.82, 2.24) is 0 Å². The van der Waals surface area contributed by atoms with Gasteiger partial charge in [0.2, 0.25) is 0 Å². The van der Waals surface area contributed by atoms with E-state index in [-0.39, 0.29) is 35.6 Å². The Labute approximate surface area is 325 Å². The molecule has 50 heavy (non-hydrogen) atoms. The first-order valence-electron chi connectivity index (χ1n) is 18.0. The standard InChI is InChI=1S/C21H25.C19H26Si2.C5H5.2ClH.Hf/c1-20(2,3)15-11-10-14-12-18-16(17(14)13-15)8-7-9-19(18)21(4,5)6;1-20(2,3)18-11-7-16(8-12-18)15-17-9-13-19(14-10-17)21(4,5)6;1-2-4-5-3-1;;;/h7-13H,1-6H3;7-14H,1-6H3;1-3H,4H2;2*1H;/q;;;;;+2/p-2. The molecule has 1 unspecified atom stereocenters. The summed E-state index contributed by atoms with van der Waals surface area (Å²) in [6.45, 7) is 29.1. The number of hydrogen-bond acceptors (Lipinski definition) is 0. The van der Waals surface area contributed by atoms with E-state index in [0.29, 0.717) is 3.67 Å². The fourth-order valence-corrected chi connectivity index (χ4v) is 23.3. The third-order valence-corrected chi connectivity index (χ3v) is 26.7. The average Bonchev–Trinajstić information content (AvgIpc) is 3.65. The minimum atomic E-state index is -3.04. The zero-order valence-corrected chi connectivity index (χ0v) is 39.5. The Morgan fingerprint density at radius 2 is 1.18 bits per heavy atom. The first-order valence-corrected chi connectivity index (χ1v) is 30.6. The van der Waals surface area contributed by atoms with Crippen molar-refractivity contribution < 1.29 is 45.8 Å². The summed E-state index contributed by atoms with van der Waals surface area (Å²) in [5.74, 6) is 0. The van der Waals surface area contributed by atoms with Gasteiger partial charge in [-0.2, -0.15) is 0 Å². The molecule has 0 heterocycles. The Hall–Kier alpha value is -1.89. The smallest absolute Gasteiger partial charge is 1.00 e. The molecule has 0 amide bonds. The van der Waals surface area contributed by atoms with Crippen LogP contribution in [0, 0.1) is 0 Å². The fraction of sp³-hybridized carbons (Fsp3) is 0.356. The van der Waals surface area contributed by atoms with Crippen LogP contribution in [0.3, 0.4) is 0 Å². The number of fused-ring (bicyclic) bond motifs is 3. The molecule has 0 spiro atoms. The van der Waals surface area contributed by atoms with Gasteiger partial charge in [0.15, 0.2) is 0 Å². The van der Waals surface area contributed by atoms with Crippen LogP contribution in [-0.4, -0.2) is 19.4 Å². The molecule has 0 nitrogen and oxygen atoms in total. The van der Waals surface area contributed by atoms with Crippen molar-refractivity contribution >= 4 is 29.8 Å². The summed E-state index contributed by atoms with van der Waals surface area (Å²) in [6.07, 6.45) is 8.37. The molecular formula is C45H56Cl2HfSi2. The predicted octanol–water partition coefficient (Wildman–Crippen LogP) is 5.18. The van der Waals surface area contributed by atoms with E-state index in [0.717, 1.165) is 6.42 Å². The molecule has 0 fully saturated rings. The van der Waals surface area contributed by atoms with Crippen molar-refractivity contribution in [3.05, 3.63) is 140 Å². The van der Waals surface area contributed by atoms with E-state index < -0.39 is 37.1 Å².